The molecule has 4 heteroatoms. The highest BCUT2D eigenvalue weighted by Crippen LogP contribution is 2.02. The number of anilines is 1. The highest BCUT2D eigenvalue weighted by atomic mass is 16.1. The Morgan fingerprint density at radius 2 is 2.12 bits per heavy atom. The minimum atomic E-state index is -0.0718. The molecule has 0 amide bonds. The van der Waals surface area contributed by atoms with E-state index in [1.54, 1.807) is 16.8 Å². The standard InChI is InChI=1S/C12H13N3O/c1-9-3-2-4-11(14-9)8-15-7-10(13)5-6-12(15)16/h2-7H,8,13H2,1H3. The molecule has 0 bridgehead atoms. The summed E-state index contributed by atoms with van der Waals surface area (Å²) in [6.45, 7) is 2.37. The summed E-state index contributed by atoms with van der Waals surface area (Å²) in [5, 5.41) is 0. The van der Waals surface area contributed by atoms with E-state index in [1.807, 2.05) is 25.1 Å². The summed E-state index contributed by atoms with van der Waals surface area (Å²) in [5.74, 6) is 0. The van der Waals surface area contributed by atoms with Gasteiger partial charge in [0.25, 0.3) is 5.56 Å². The van der Waals surface area contributed by atoms with E-state index in [2.05, 4.69) is 4.98 Å². The molecule has 0 fully saturated rings. The largest absolute Gasteiger partial charge is 0.398 e. The summed E-state index contributed by atoms with van der Waals surface area (Å²) in [6.07, 6.45) is 1.63. The molecular formula is C12H13N3O. The van der Waals surface area contributed by atoms with Gasteiger partial charge in [0.05, 0.1) is 12.2 Å². The molecule has 2 heterocycles. The van der Waals surface area contributed by atoms with Gasteiger partial charge in [-0.1, -0.05) is 6.07 Å². The van der Waals surface area contributed by atoms with E-state index >= 15 is 0 Å². The Balaban J connectivity index is 2.34. The molecule has 0 saturated heterocycles. The van der Waals surface area contributed by atoms with Gasteiger partial charge in [0, 0.05) is 23.6 Å². The van der Waals surface area contributed by atoms with Crippen molar-refractivity contribution < 1.29 is 0 Å². The molecule has 2 aromatic heterocycles. The van der Waals surface area contributed by atoms with E-state index in [0.717, 1.165) is 11.4 Å². The van der Waals surface area contributed by atoms with Crippen molar-refractivity contribution in [2.75, 3.05) is 5.73 Å². The molecule has 0 aliphatic rings. The predicted molar refractivity (Wildman–Crippen MR) is 63.2 cm³/mol. The summed E-state index contributed by atoms with van der Waals surface area (Å²) < 4.78 is 1.55. The fourth-order valence-electron chi connectivity index (χ4n) is 1.54. The van der Waals surface area contributed by atoms with E-state index < -0.39 is 0 Å². The van der Waals surface area contributed by atoms with Crippen LogP contribution in [0.2, 0.25) is 0 Å². The zero-order valence-electron chi connectivity index (χ0n) is 9.05. The Kier molecular flexibility index (Phi) is 2.72. The lowest BCUT2D eigenvalue weighted by Gasteiger charge is -2.06. The third kappa shape index (κ3) is 2.28. The Hall–Kier alpha value is -2.10. The van der Waals surface area contributed by atoms with Crippen LogP contribution in [0.1, 0.15) is 11.4 Å². The maximum Gasteiger partial charge on any atom is 0.251 e. The third-order valence-corrected chi connectivity index (χ3v) is 2.28. The highest BCUT2D eigenvalue weighted by Gasteiger charge is 1.99. The number of pyridine rings is 2. The Bertz CT molecular complexity index is 560. The Morgan fingerprint density at radius 1 is 1.31 bits per heavy atom. The van der Waals surface area contributed by atoms with Gasteiger partial charge in [-0.3, -0.25) is 9.78 Å². The zero-order chi connectivity index (χ0) is 11.5. The number of aryl methyl sites for hydroxylation is 1. The quantitative estimate of drug-likeness (QED) is 0.818. The minimum Gasteiger partial charge on any atom is -0.398 e. The lowest BCUT2D eigenvalue weighted by molar-refractivity contribution is 0.738. The van der Waals surface area contributed by atoms with Gasteiger partial charge in [-0.2, -0.15) is 0 Å². The molecule has 0 aliphatic heterocycles. The molecule has 2 rings (SSSR count). The monoisotopic (exact) mass is 215 g/mol. The lowest BCUT2D eigenvalue weighted by Crippen LogP contribution is -2.20. The van der Waals surface area contributed by atoms with Gasteiger partial charge in [0.2, 0.25) is 0 Å². The molecule has 0 aromatic carbocycles. The summed E-state index contributed by atoms with van der Waals surface area (Å²) >= 11 is 0. The van der Waals surface area contributed by atoms with Crippen molar-refractivity contribution in [1.29, 1.82) is 0 Å². The van der Waals surface area contributed by atoms with Crippen molar-refractivity contribution >= 4 is 5.69 Å². The lowest BCUT2D eigenvalue weighted by atomic mass is 10.3. The van der Waals surface area contributed by atoms with Crippen LogP contribution in [0.15, 0.2) is 41.3 Å². The van der Waals surface area contributed by atoms with Gasteiger partial charge < -0.3 is 10.3 Å². The fraction of sp³-hybridized carbons (Fsp3) is 0.167. The average Bonchev–Trinajstić information content (AvgIpc) is 2.24. The van der Waals surface area contributed by atoms with Gasteiger partial charge in [0.1, 0.15) is 0 Å². The van der Waals surface area contributed by atoms with Crippen molar-refractivity contribution in [2.45, 2.75) is 13.5 Å². The van der Waals surface area contributed by atoms with Crippen LogP contribution < -0.4 is 11.3 Å². The second-order valence-electron chi connectivity index (χ2n) is 3.70. The first kappa shape index (κ1) is 10.4. The van der Waals surface area contributed by atoms with Crippen molar-refractivity contribution in [3.63, 3.8) is 0 Å². The maximum absolute atomic E-state index is 11.5. The van der Waals surface area contributed by atoms with E-state index in [0.29, 0.717) is 12.2 Å². The van der Waals surface area contributed by atoms with E-state index in [-0.39, 0.29) is 5.56 Å². The van der Waals surface area contributed by atoms with Crippen LogP contribution in [0.25, 0.3) is 0 Å². The van der Waals surface area contributed by atoms with E-state index in [4.69, 9.17) is 5.73 Å². The number of nitrogens with two attached hydrogens (primary N) is 1. The number of nitrogen functional groups attached to an aromatic ring is 1. The van der Waals surface area contributed by atoms with Gasteiger partial charge in [-0.15, -0.1) is 0 Å². The normalized spacial score (nSPS) is 10.3. The van der Waals surface area contributed by atoms with Crippen molar-refractivity contribution in [3.8, 4) is 0 Å². The first-order valence-corrected chi connectivity index (χ1v) is 5.03. The average molecular weight is 215 g/mol. The maximum atomic E-state index is 11.5. The zero-order valence-corrected chi connectivity index (χ0v) is 9.05. The van der Waals surface area contributed by atoms with Crippen LogP contribution in [0.4, 0.5) is 5.69 Å². The number of aromatic nitrogens is 2. The van der Waals surface area contributed by atoms with Crippen LogP contribution >= 0.6 is 0 Å². The molecule has 0 saturated carbocycles. The van der Waals surface area contributed by atoms with E-state index in [9.17, 15) is 4.79 Å². The molecule has 82 valence electrons. The van der Waals surface area contributed by atoms with Crippen LogP contribution in [0.5, 0.6) is 0 Å². The fourth-order valence-corrected chi connectivity index (χ4v) is 1.54. The number of rotatable bonds is 2. The smallest absolute Gasteiger partial charge is 0.251 e. The van der Waals surface area contributed by atoms with Crippen LogP contribution in [-0.2, 0) is 6.54 Å². The van der Waals surface area contributed by atoms with Gasteiger partial charge in [-0.05, 0) is 25.1 Å². The second kappa shape index (κ2) is 4.18. The van der Waals surface area contributed by atoms with Crippen molar-refractivity contribution in [1.82, 2.24) is 9.55 Å². The molecule has 4 nitrogen and oxygen atoms in total. The summed E-state index contributed by atoms with van der Waals surface area (Å²) in [5.41, 5.74) is 7.93. The van der Waals surface area contributed by atoms with Gasteiger partial charge in [-0.25, -0.2) is 0 Å². The Morgan fingerprint density at radius 3 is 2.88 bits per heavy atom. The molecule has 2 aromatic rings. The second-order valence-corrected chi connectivity index (χ2v) is 3.70. The summed E-state index contributed by atoms with van der Waals surface area (Å²) in [4.78, 5) is 15.9. The van der Waals surface area contributed by atoms with Gasteiger partial charge in [0.15, 0.2) is 0 Å². The minimum absolute atomic E-state index is 0.0718. The number of hydrogen-bond donors (Lipinski definition) is 1. The molecular weight excluding hydrogens is 202 g/mol. The van der Waals surface area contributed by atoms with E-state index in [1.165, 1.54) is 6.07 Å². The molecule has 0 unspecified atom stereocenters. The third-order valence-electron chi connectivity index (χ3n) is 2.28. The molecule has 16 heavy (non-hydrogen) atoms. The van der Waals surface area contributed by atoms with Crippen LogP contribution in [0.3, 0.4) is 0 Å². The van der Waals surface area contributed by atoms with Crippen LogP contribution in [0, 0.1) is 6.92 Å². The number of hydrogen-bond acceptors (Lipinski definition) is 3. The molecule has 0 aliphatic carbocycles. The SMILES string of the molecule is Cc1cccc(Cn2cc(N)ccc2=O)n1. The molecule has 2 N–H and O–H groups in total. The number of nitrogens with zero attached hydrogens (tertiary/aromatic N) is 2. The first-order chi connectivity index (χ1) is 7.65. The topological polar surface area (TPSA) is 60.9 Å². The molecule has 0 radical (unpaired) electrons. The summed E-state index contributed by atoms with van der Waals surface area (Å²) in [6, 6.07) is 8.80. The molecule has 0 atom stereocenters. The summed E-state index contributed by atoms with van der Waals surface area (Å²) in [7, 11) is 0. The van der Waals surface area contributed by atoms with Gasteiger partial charge >= 0.3 is 0 Å². The van der Waals surface area contributed by atoms with Crippen molar-refractivity contribution in [3.05, 3.63) is 58.3 Å². The first-order valence-electron chi connectivity index (χ1n) is 5.03. The van der Waals surface area contributed by atoms with Crippen molar-refractivity contribution in [2.24, 2.45) is 0 Å². The molecule has 0 spiro atoms. The van der Waals surface area contributed by atoms with Crippen LogP contribution in [-0.4, -0.2) is 9.55 Å². The Labute approximate surface area is 93.4 Å². The predicted octanol–water partition coefficient (Wildman–Crippen LogP) is 1.18. The highest BCUT2D eigenvalue weighted by molar-refractivity contribution is 5.33.